The third-order valence-corrected chi connectivity index (χ3v) is 5.88. The zero-order valence-corrected chi connectivity index (χ0v) is 14.7. The standard InChI is InChI=1S/C17H15ClO2S2/c1-20-17(19)15-12-7-8-22-16(12)13(9-14(15)21-2)10-3-5-11(18)6-4-10/h3-6,9H,7-8H2,1-2H3. The molecule has 2 aromatic carbocycles. The number of carbonyl (C=O) groups excluding carboxylic acids is 1. The minimum Gasteiger partial charge on any atom is -0.465 e. The van der Waals surface area contributed by atoms with E-state index < -0.39 is 0 Å². The average Bonchev–Trinajstić information content (AvgIpc) is 3.02. The highest BCUT2D eigenvalue weighted by atomic mass is 35.5. The Morgan fingerprint density at radius 2 is 2.05 bits per heavy atom. The number of halogens is 1. The van der Waals surface area contributed by atoms with Crippen LogP contribution in [-0.2, 0) is 11.2 Å². The summed E-state index contributed by atoms with van der Waals surface area (Å²) in [4.78, 5) is 14.3. The number of rotatable bonds is 3. The number of thioether (sulfide) groups is 2. The number of benzene rings is 2. The molecule has 0 unspecified atom stereocenters. The van der Waals surface area contributed by atoms with E-state index in [0.717, 1.165) is 38.8 Å². The largest absolute Gasteiger partial charge is 0.465 e. The van der Waals surface area contributed by atoms with E-state index in [-0.39, 0.29) is 5.97 Å². The van der Waals surface area contributed by atoms with Crippen LogP contribution in [0.4, 0.5) is 0 Å². The maximum Gasteiger partial charge on any atom is 0.339 e. The van der Waals surface area contributed by atoms with Crippen LogP contribution in [0.3, 0.4) is 0 Å². The monoisotopic (exact) mass is 350 g/mol. The van der Waals surface area contributed by atoms with Crippen LogP contribution in [0.1, 0.15) is 15.9 Å². The van der Waals surface area contributed by atoms with Crippen molar-refractivity contribution in [1.29, 1.82) is 0 Å². The predicted molar refractivity (Wildman–Crippen MR) is 94.4 cm³/mol. The lowest BCUT2D eigenvalue weighted by Gasteiger charge is -2.15. The van der Waals surface area contributed by atoms with Crippen molar-refractivity contribution < 1.29 is 9.53 Å². The Kier molecular flexibility index (Phi) is 4.71. The molecular formula is C17H15ClO2S2. The summed E-state index contributed by atoms with van der Waals surface area (Å²) in [5, 5.41) is 0.726. The molecule has 0 saturated heterocycles. The van der Waals surface area contributed by atoms with E-state index in [1.54, 1.807) is 23.5 Å². The Labute approximate surface area is 143 Å². The van der Waals surface area contributed by atoms with Crippen molar-refractivity contribution in [3.05, 3.63) is 46.5 Å². The molecule has 3 rings (SSSR count). The summed E-state index contributed by atoms with van der Waals surface area (Å²) >= 11 is 9.38. The molecule has 1 aliphatic heterocycles. The van der Waals surface area contributed by atoms with Crippen LogP contribution in [0.25, 0.3) is 11.1 Å². The van der Waals surface area contributed by atoms with E-state index in [1.165, 1.54) is 17.6 Å². The molecule has 0 N–H and O–H groups in total. The van der Waals surface area contributed by atoms with Crippen LogP contribution in [0.2, 0.25) is 5.02 Å². The number of ether oxygens (including phenoxy) is 1. The molecule has 0 aliphatic carbocycles. The summed E-state index contributed by atoms with van der Waals surface area (Å²) in [6.45, 7) is 0. The van der Waals surface area contributed by atoms with Crippen LogP contribution >= 0.6 is 35.1 Å². The van der Waals surface area contributed by atoms with E-state index >= 15 is 0 Å². The lowest BCUT2D eigenvalue weighted by atomic mass is 9.97. The van der Waals surface area contributed by atoms with E-state index in [0.29, 0.717) is 0 Å². The van der Waals surface area contributed by atoms with E-state index in [1.807, 2.05) is 30.5 Å². The van der Waals surface area contributed by atoms with Crippen molar-refractivity contribution in [3.8, 4) is 11.1 Å². The molecule has 0 aromatic heterocycles. The molecule has 0 atom stereocenters. The van der Waals surface area contributed by atoms with E-state index in [9.17, 15) is 4.79 Å². The fourth-order valence-corrected chi connectivity index (χ4v) is 4.68. The SMILES string of the molecule is COC(=O)c1c(SC)cc(-c2ccc(Cl)cc2)c2c1CCS2. The first-order chi connectivity index (χ1) is 10.7. The molecule has 0 bridgehead atoms. The molecule has 0 radical (unpaired) electrons. The van der Waals surface area contributed by atoms with Crippen molar-refractivity contribution in [2.75, 3.05) is 19.1 Å². The first-order valence-corrected chi connectivity index (χ1v) is 9.45. The highest BCUT2D eigenvalue weighted by Gasteiger charge is 2.27. The van der Waals surface area contributed by atoms with Gasteiger partial charge in [-0.25, -0.2) is 4.79 Å². The summed E-state index contributed by atoms with van der Waals surface area (Å²) in [5.41, 5.74) is 4.15. The highest BCUT2D eigenvalue weighted by Crippen LogP contribution is 2.44. The lowest BCUT2D eigenvalue weighted by molar-refractivity contribution is 0.0595. The zero-order chi connectivity index (χ0) is 15.7. The molecule has 22 heavy (non-hydrogen) atoms. The highest BCUT2D eigenvalue weighted by molar-refractivity contribution is 8.00. The van der Waals surface area contributed by atoms with Gasteiger partial charge in [0.2, 0.25) is 0 Å². The Hall–Kier alpha value is -1.10. The first kappa shape index (κ1) is 15.8. The summed E-state index contributed by atoms with van der Waals surface area (Å²) in [6, 6.07) is 9.95. The van der Waals surface area contributed by atoms with Gasteiger partial charge in [-0.2, -0.15) is 0 Å². The Morgan fingerprint density at radius 3 is 2.68 bits per heavy atom. The van der Waals surface area contributed by atoms with Gasteiger partial charge in [-0.15, -0.1) is 23.5 Å². The fraction of sp³-hybridized carbons (Fsp3) is 0.235. The number of hydrogen-bond acceptors (Lipinski definition) is 4. The third-order valence-electron chi connectivity index (χ3n) is 3.71. The van der Waals surface area contributed by atoms with Crippen molar-refractivity contribution in [2.45, 2.75) is 16.2 Å². The summed E-state index contributed by atoms with van der Waals surface area (Å²) in [7, 11) is 1.44. The second-order valence-electron chi connectivity index (χ2n) is 4.91. The fourth-order valence-electron chi connectivity index (χ4n) is 2.68. The predicted octanol–water partition coefficient (Wildman–Crippen LogP) is 5.16. The van der Waals surface area contributed by atoms with Gasteiger partial charge in [0.1, 0.15) is 0 Å². The van der Waals surface area contributed by atoms with E-state index in [4.69, 9.17) is 16.3 Å². The summed E-state index contributed by atoms with van der Waals surface area (Å²) in [6.07, 6.45) is 2.89. The molecule has 1 aliphatic rings. The van der Waals surface area contributed by atoms with Crippen LogP contribution < -0.4 is 0 Å². The summed E-state index contributed by atoms with van der Waals surface area (Å²) < 4.78 is 4.99. The second-order valence-corrected chi connectivity index (χ2v) is 7.30. The normalized spacial score (nSPS) is 13.0. The van der Waals surface area contributed by atoms with Crippen molar-refractivity contribution in [2.24, 2.45) is 0 Å². The quantitative estimate of drug-likeness (QED) is 0.564. The van der Waals surface area contributed by atoms with Gasteiger partial charge in [0, 0.05) is 20.6 Å². The van der Waals surface area contributed by atoms with Gasteiger partial charge in [-0.1, -0.05) is 23.7 Å². The van der Waals surface area contributed by atoms with Crippen molar-refractivity contribution in [1.82, 2.24) is 0 Å². The van der Waals surface area contributed by atoms with Crippen LogP contribution in [0.15, 0.2) is 40.1 Å². The Balaban J connectivity index is 2.23. The van der Waals surface area contributed by atoms with Gasteiger partial charge in [0.25, 0.3) is 0 Å². The molecule has 2 aromatic rings. The van der Waals surface area contributed by atoms with Crippen LogP contribution in [0.5, 0.6) is 0 Å². The Morgan fingerprint density at radius 1 is 1.32 bits per heavy atom. The van der Waals surface area contributed by atoms with Gasteiger partial charge in [0.05, 0.1) is 12.7 Å². The second kappa shape index (κ2) is 6.57. The van der Waals surface area contributed by atoms with Crippen molar-refractivity contribution in [3.63, 3.8) is 0 Å². The van der Waals surface area contributed by atoms with E-state index in [2.05, 4.69) is 6.07 Å². The smallest absolute Gasteiger partial charge is 0.339 e. The number of carbonyl (C=O) groups is 1. The van der Waals surface area contributed by atoms with Crippen LogP contribution in [-0.4, -0.2) is 25.1 Å². The third kappa shape index (κ3) is 2.75. The van der Waals surface area contributed by atoms with Gasteiger partial charge in [0.15, 0.2) is 0 Å². The molecule has 1 heterocycles. The molecule has 0 spiro atoms. The maximum absolute atomic E-state index is 12.2. The van der Waals surface area contributed by atoms with Gasteiger partial charge in [-0.3, -0.25) is 0 Å². The topological polar surface area (TPSA) is 26.3 Å². The number of hydrogen-bond donors (Lipinski definition) is 0. The van der Waals surface area contributed by atoms with Crippen LogP contribution in [0, 0.1) is 0 Å². The number of fused-ring (bicyclic) bond motifs is 1. The maximum atomic E-state index is 12.2. The first-order valence-electron chi connectivity index (χ1n) is 6.86. The lowest BCUT2D eigenvalue weighted by Crippen LogP contribution is -2.08. The zero-order valence-electron chi connectivity index (χ0n) is 12.3. The minimum absolute atomic E-state index is 0.245. The molecule has 0 amide bonds. The molecule has 2 nitrogen and oxygen atoms in total. The van der Waals surface area contributed by atoms with Crippen molar-refractivity contribution >= 4 is 41.1 Å². The molecule has 0 saturated carbocycles. The summed E-state index contributed by atoms with van der Waals surface area (Å²) in [5.74, 6) is 0.753. The Bertz CT molecular complexity index is 726. The van der Waals surface area contributed by atoms with Gasteiger partial charge < -0.3 is 4.74 Å². The minimum atomic E-state index is -0.245. The average molecular weight is 351 g/mol. The van der Waals surface area contributed by atoms with Gasteiger partial charge in [-0.05, 0) is 47.6 Å². The molecule has 5 heteroatoms. The molecule has 0 fully saturated rings. The number of esters is 1. The molecular weight excluding hydrogens is 336 g/mol. The van der Waals surface area contributed by atoms with Gasteiger partial charge >= 0.3 is 5.97 Å². The number of methoxy groups -OCH3 is 1. The molecule has 114 valence electrons.